The summed E-state index contributed by atoms with van der Waals surface area (Å²) in [6, 6.07) is 6.42. The Kier molecular flexibility index (Phi) is 4.55. The Balaban J connectivity index is 2.05. The summed E-state index contributed by atoms with van der Waals surface area (Å²) in [5.41, 5.74) is 10.3. The average molecular weight is 275 g/mol. The van der Waals surface area contributed by atoms with Gasteiger partial charge in [0.1, 0.15) is 0 Å². The normalized spacial score (nSPS) is 20.9. The molecular weight excluding hydrogens is 246 g/mol. The van der Waals surface area contributed by atoms with E-state index in [1.807, 2.05) is 0 Å². The molecule has 0 atom stereocenters. The number of benzene rings is 1. The Morgan fingerprint density at radius 1 is 1.05 bits per heavy atom. The summed E-state index contributed by atoms with van der Waals surface area (Å²) in [7, 11) is 0. The molecule has 112 valence electrons. The second kappa shape index (κ2) is 5.87. The number of rotatable bonds is 4. The molecule has 20 heavy (non-hydrogen) atoms. The smallest absolute Gasteiger partial charge is 0.0809 e. The van der Waals surface area contributed by atoms with Crippen LogP contribution in [0.4, 0.5) is 0 Å². The van der Waals surface area contributed by atoms with Crippen molar-refractivity contribution in [2.45, 2.75) is 65.6 Å². The second-order valence-corrected chi connectivity index (χ2v) is 7.21. The lowest BCUT2D eigenvalue weighted by atomic mass is 9.71. The van der Waals surface area contributed by atoms with Crippen molar-refractivity contribution >= 4 is 0 Å². The van der Waals surface area contributed by atoms with Gasteiger partial charge in [-0.2, -0.15) is 0 Å². The lowest BCUT2D eigenvalue weighted by Crippen LogP contribution is -2.45. The quantitative estimate of drug-likeness (QED) is 0.897. The van der Waals surface area contributed by atoms with Crippen molar-refractivity contribution < 1.29 is 4.74 Å². The summed E-state index contributed by atoms with van der Waals surface area (Å²) in [6.07, 6.45) is 4.58. The van der Waals surface area contributed by atoms with E-state index in [1.54, 1.807) is 0 Å². The highest BCUT2D eigenvalue weighted by Gasteiger charge is 2.38. The minimum absolute atomic E-state index is 0.107. The molecule has 0 saturated heterocycles. The summed E-state index contributed by atoms with van der Waals surface area (Å²) in [6.45, 7) is 10.3. The highest BCUT2D eigenvalue weighted by atomic mass is 16.5. The monoisotopic (exact) mass is 275 g/mol. The van der Waals surface area contributed by atoms with Crippen LogP contribution in [0, 0.1) is 19.3 Å². The first kappa shape index (κ1) is 15.5. The van der Waals surface area contributed by atoms with Crippen LogP contribution < -0.4 is 5.73 Å². The Bertz CT molecular complexity index is 434. The average Bonchev–Trinajstić information content (AvgIpc) is 2.40. The molecule has 1 aliphatic rings. The highest BCUT2D eigenvalue weighted by Crippen LogP contribution is 2.42. The highest BCUT2D eigenvalue weighted by molar-refractivity contribution is 5.32. The molecule has 0 aromatic heterocycles. The van der Waals surface area contributed by atoms with Gasteiger partial charge in [-0.25, -0.2) is 0 Å². The number of hydrogen-bond acceptors (Lipinski definition) is 2. The van der Waals surface area contributed by atoms with Crippen molar-refractivity contribution in [3.8, 4) is 0 Å². The molecule has 2 nitrogen and oxygen atoms in total. The zero-order valence-electron chi connectivity index (χ0n) is 13.5. The molecule has 0 amide bonds. The number of nitrogens with two attached hydrogens (primary N) is 1. The van der Waals surface area contributed by atoms with Gasteiger partial charge in [0.2, 0.25) is 0 Å². The lowest BCUT2D eigenvalue weighted by molar-refractivity contribution is -0.0906. The summed E-state index contributed by atoms with van der Waals surface area (Å²) >= 11 is 0. The van der Waals surface area contributed by atoms with Gasteiger partial charge in [0.15, 0.2) is 0 Å². The summed E-state index contributed by atoms with van der Waals surface area (Å²) < 4.78 is 6.34. The van der Waals surface area contributed by atoms with Gasteiger partial charge in [0.25, 0.3) is 0 Å². The Morgan fingerprint density at radius 3 is 2.10 bits per heavy atom. The molecule has 2 N–H and O–H groups in total. The van der Waals surface area contributed by atoms with Crippen molar-refractivity contribution in [2.24, 2.45) is 11.1 Å². The molecule has 0 spiro atoms. The van der Waals surface area contributed by atoms with Gasteiger partial charge in [-0.3, -0.25) is 0 Å². The number of aryl methyl sites for hydroxylation is 2. The predicted molar refractivity (Wildman–Crippen MR) is 84.7 cm³/mol. The van der Waals surface area contributed by atoms with E-state index in [2.05, 4.69) is 45.9 Å². The minimum Gasteiger partial charge on any atom is -0.369 e. The van der Waals surface area contributed by atoms with Crippen molar-refractivity contribution in [2.75, 3.05) is 6.54 Å². The molecule has 2 heteroatoms. The summed E-state index contributed by atoms with van der Waals surface area (Å²) in [5, 5.41) is 0. The van der Waals surface area contributed by atoms with E-state index < -0.39 is 0 Å². The van der Waals surface area contributed by atoms with Crippen LogP contribution in [0.2, 0.25) is 0 Å². The lowest BCUT2D eigenvalue weighted by Gasteiger charge is -2.43. The Labute approximate surface area is 123 Å². The fraction of sp³-hybridized carbons (Fsp3) is 0.667. The van der Waals surface area contributed by atoms with Crippen LogP contribution in [-0.2, 0) is 11.3 Å². The van der Waals surface area contributed by atoms with Crippen molar-refractivity contribution in [1.29, 1.82) is 0 Å². The fourth-order valence-electron chi connectivity index (χ4n) is 3.09. The van der Waals surface area contributed by atoms with E-state index in [0.717, 1.165) is 12.8 Å². The zero-order valence-corrected chi connectivity index (χ0v) is 13.5. The molecule has 0 aliphatic heterocycles. The van der Waals surface area contributed by atoms with Crippen LogP contribution in [-0.4, -0.2) is 12.1 Å². The first-order valence-corrected chi connectivity index (χ1v) is 7.77. The molecule has 0 heterocycles. The van der Waals surface area contributed by atoms with Gasteiger partial charge in [-0.05, 0) is 61.6 Å². The molecule has 1 saturated carbocycles. The largest absolute Gasteiger partial charge is 0.369 e. The van der Waals surface area contributed by atoms with Crippen LogP contribution in [0.3, 0.4) is 0 Å². The maximum Gasteiger partial charge on any atom is 0.0809 e. The fourth-order valence-corrected chi connectivity index (χ4v) is 3.09. The molecule has 0 unspecified atom stereocenters. The molecule has 0 radical (unpaired) electrons. The van der Waals surface area contributed by atoms with Gasteiger partial charge >= 0.3 is 0 Å². The van der Waals surface area contributed by atoms with Gasteiger partial charge in [-0.1, -0.05) is 32.0 Å². The standard InChI is InChI=1S/C18H29NO/c1-14-6-5-7-15(2)16(14)12-20-18(13-19)10-8-17(3,4)9-11-18/h5-7H,8-13,19H2,1-4H3. The third-order valence-corrected chi connectivity index (χ3v) is 5.05. The Morgan fingerprint density at radius 2 is 1.60 bits per heavy atom. The van der Waals surface area contributed by atoms with E-state index in [9.17, 15) is 0 Å². The Hall–Kier alpha value is -0.860. The van der Waals surface area contributed by atoms with Crippen LogP contribution in [0.5, 0.6) is 0 Å². The maximum absolute atomic E-state index is 6.34. The first-order chi connectivity index (χ1) is 9.37. The number of hydrogen-bond donors (Lipinski definition) is 1. The van der Waals surface area contributed by atoms with E-state index in [0.29, 0.717) is 18.6 Å². The summed E-state index contributed by atoms with van der Waals surface area (Å²) in [4.78, 5) is 0. The summed E-state index contributed by atoms with van der Waals surface area (Å²) in [5.74, 6) is 0. The number of ether oxygens (including phenoxy) is 1. The molecule has 1 fully saturated rings. The van der Waals surface area contributed by atoms with E-state index in [1.165, 1.54) is 29.5 Å². The predicted octanol–water partition coefficient (Wildman–Crippen LogP) is 4.12. The SMILES string of the molecule is Cc1cccc(C)c1COC1(CN)CCC(C)(C)CC1. The zero-order chi connectivity index (χ0) is 14.8. The second-order valence-electron chi connectivity index (χ2n) is 7.21. The maximum atomic E-state index is 6.34. The molecule has 1 aliphatic carbocycles. The van der Waals surface area contributed by atoms with Crippen molar-refractivity contribution in [3.63, 3.8) is 0 Å². The molecule has 0 bridgehead atoms. The van der Waals surface area contributed by atoms with Crippen molar-refractivity contribution in [1.82, 2.24) is 0 Å². The van der Waals surface area contributed by atoms with Gasteiger partial charge in [0, 0.05) is 6.54 Å². The van der Waals surface area contributed by atoms with Gasteiger partial charge in [-0.15, -0.1) is 0 Å². The van der Waals surface area contributed by atoms with Gasteiger partial charge < -0.3 is 10.5 Å². The van der Waals surface area contributed by atoms with E-state index in [4.69, 9.17) is 10.5 Å². The topological polar surface area (TPSA) is 35.2 Å². The van der Waals surface area contributed by atoms with E-state index in [-0.39, 0.29) is 5.60 Å². The molecule has 2 rings (SSSR count). The minimum atomic E-state index is -0.107. The van der Waals surface area contributed by atoms with Crippen LogP contribution >= 0.6 is 0 Å². The first-order valence-electron chi connectivity index (χ1n) is 7.77. The van der Waals surface area contributed by atoms with Gasteiger partial charge in [0.05, 0.1) is 12.2 Å². The van der Waals surface area contributed by atoms with Crippen molar-refractivity contribution in [3.05, 3.63) is 34.9 Å². The van der Waals surface area contributed by atoms with Crippen LogP contribution in [0.1, 0.15) is 56.2 Å². The molecule has 1 aromatic rings. The third kappa shape index (κ3) is 3.42. The molecule has 1 aromatic carbocycles. The van der Waals surface area contributed by atoms with E-state index >= 15 is 0 Å². The van der Waals surface area contributed by atoms with Crippen LogP contribution in [0.25, 0.3) is 0 Å². The molecular formula is C18H29NO. The van der Waals surface area contributed by atoms with Crippen LogP contribution in [0.15, 0.2) is 18.2 Å². The third-order valence-electron chi connectivity index (χ3n) is 5.05.